The predicted octanol–water partition coefficient (Wildman–Crippen LogP) is 2.22. The second-order valence-electron chi connectivity index (χ2n) is 6.11. The quantitative estimate of drug-likeness (QED) is 0.776. The van der Waals surface area contributed by atoms with Crippen molar-refractivity contribution in [3.05, 3.63) is 0 Å². The number of nitrogens with one attached hydrogen (secondary N) is 1. The smallest absolute Gasteiger partial charge is 0.318 e. The number of carbonyl (C=O) groups excluding carboxylic acids is 1. The fourth-order valence-electron chi connectivity index (χ4n) is 2.72. The fraction of sp³-hybridized carbons (Fsp3) is 0.733. The minimum atomic E-state index is -0.872. The van der Waals surface area contributed by atoms with Gasteiger partial charge in [-0.25, -0.2) is 4.79 Å². The van der Waals surface area contributed by atoms with Gasteiger partial charge in [0.15, 0.2) is 0 Å². The van der Waals surface area contributed by atoms with Crippen LogP contribution in [-0.4, -0.2) is 40.1 Å². The maximum atomic E-state index is 12.3. The van der Waals surface area contributed by atoms with Crippen molar-refractivity contribution in [1.29, 1.82) is 0 Å². The number of hydrogen-bond acceptors (Lipinski definition) is 2. The first kappa shape index (κ1) is 16.4. The highest BCUT2D eigenvalue weighted by atomic mass is 16.4. The molecule has 0 saturated heterocycles. The molecule has 1 aliphatic rings. The summed E-state index contributed by atoms with van der Waals surface area (Å²) in [5.74, 6) is 1.64. The predicted molar refractivity (Wildman–Crippen MR) is 77.3 cm³/mol. The zero-order chi connectivity index (χ0) is 15.4. The Bertz CT molecular complexity index is 417. The lowest BCUT2D eigenvalue weighted by Gasteiger charge is -2.44. The van der Waals surface area contributed by atoms with Crippen molar-refractivity contribution in [2.24, 2.45) is 0 Å². The molecule has 1 saturated carbocycles. The molecule has 0 radical (unpaired) electrons. The number of carboxylic acids is 1. The van der Waals surface area contributed by atoms with Crippen LogP contribution in [0.4, 0.5) is 4.79 Å². The molecule has 0 heterocycles. The molecule has 2 amide bonds. The summed E-state index contributed by atoms with van der Waals surface area (Å²) in [5.41, 5.74) is -1.34. The molecule has 2 N–H and O–H groups in total. The van der Waals surface area contributed by atoms with E-state index in [1.807, 2.05) is 0 Å². The monoisotopic (exact) mass is 280 g/mol. The number of rotatable bonds is 4. The standard InChI is InChI=1S/C15H24N2O3/c1-5-14(2,3)16-13(20)17(4)15(11-12(18)19)9-7-6-8-10-15/h1H,6-11H2,2-4H3,(H,16,20)(H,18,19). The molecule has 0 bridgehead atoms. The van der Waals surface area contributed by atoms with E-state index >= 15 is 0 Å². The normalized spacial score (nSPS) is 17.9. The van der Waals surface area contributed by atoms with E-state index < -0.39 is 17.0 Å². The minimum Gasteiger partial charge on any atom is -0.481 e. The van der Waals surface area contributed by atoms with Crippen molar-refractivity contribution >= 4 is 12.0 Å². The molecule has 5 nitrogen and oxygen atoms in total. The summed E-state index contributed by atoms with van der Waals surface area (Å²) in [6.45, 7) is 3.48. The highest BCUT2D eigenvalue weighted by Crippen LogP contribution is 2.36. The van der Waals surface area contributed by atoms with Gasteiger partial charge in [0, 0.05) is 7.05 Å². The maximum Gasteiger partial charge on any atom is 0.318 e. The number of aliphatic carboxylic acids is 1. The highest BCUT2D eigenvalue weighted by molar-refractivity contribution is 5.78. The molecule has 0 aliphatic heterocycles. The van der Waals surface area contributed by atoms with Crippen LogP contribution in [0.25, 0.3) is 0 Å². The molecule has 1 aliphatic carbocycles. The molecule has 5 heteroatoms. The van der Waals surface area contributed by atoms with E-state index in [4.69, 9.17) is 11.5 Å². The van der Waals surface area contributed by atoms with Crippen LogP contribution < -0.4 is 5.32 Å². The van der Waals surface area contributed by atoms with Gasteiger partial charge in [0.25, 0.3) is 0 Å². The van der Waals surface area contributed by atoms with E-state index in [0.29, 0.717) is 0 Å². The second-order valence-corrected chi connectivity index (χ2v) is 6.11. The van der Waals surface area contributed by atoms with Gasteiger partial charge in [0.1, 0.15) is 0 Å². The lowest BCUT2D eigenvalue weighted by molar-refractivity contribution is -0.140. The van der Waals surface area contributed by atoms with E-state index in [9.17, 15) is 9.59 Å². The molecule has 0 aromatic rings. The van der Waals surface area contributed by atoms with E-state index in [2.05, 4.69) is 11.2 Å². The average Bonchev–Trinajstić information content (AvgIpc) is 2.37. The topological polar surface area (TPSA) is 69.6 Å². The van der Waals surface area contributed by atoms with Gasteiger partial charge in [-0.1, -0.05) is 25.2 Å². The van der Waals surface area contributed by atoms with Crippen molar-refractivity contribution in [2.45, 2.75) is 63.5 Å². The second kappa shape index (κ2) is 6.17. The van der Waals surface area contributed by atoms with E-state index in [0.717, 1.165) is 32.1 Å². The first-order valence-corrected chi connectivity index (χ1v) is 6.98. The molecule has 1 rings (SSSR count). The van der Waals surface area contributed by atoms with Crippen LogP contribution in [0, 0.1) is 12.3 Å². The lowest BCUT2D eigenvalue weighted by atomic mass is 9.78. The molecule has 0 aromatic heterocycles. The number of nitrogens with zero attached hydrogens (tertiary/aromatic N) is 1. The van der Waals surface area contributed by atoms with Crippen LogP contribution in [-0.2, 0) is 4.79 Å². The van der Waals surface area contributed by atoms with Gasteiger partial charge in [-0.05, 0) is 26.7 Å². The summed E-state index contributed by atoms with van der Waals surface area (Å²) in [6.07, 6.45) is 9.78. The summed E-state index contributed by atoms with van der Waals surface area (Å²) in [6, 6.07) is -0.309. The van der Waals surface area contributed by atoms with Gasteiger partial charge < -0.3 is 15.3 Å². The van der Waals surface area contributed by atoms with Gasteiger partial charge in [-0.15, -0.1) is 6.42 Å². The molecular weight excluding hydrogens is 256 g/mol. The number of carboxylic acid groups (broad SMARTS) is 1. The lowest BCUT2D eigenvalue weighted by Crippen LogP contribution is -2.58. The largest absolute Gasteiger partial charge is 0.481 e. The van der Waals surface area contributed by atoms with Crippen LogP contribution in [0.2, 0.25) is 0 Å². The highest BCUT2D eigenvalue weighted by Gasteiger charge is 2.41. The van der Waals surface area contributed by atoms with Crippen LogP contribution in [0.3, 0.4) is 0 Å². The Morgan fingerprint density at radius 3 is 2.35 bits per heavy atom. The molecule has 1 fully saturated rings. The van der Waals surface area contributed by atoms with Crippen LogP contribution in [0.5, 0.6) is 0 Å². The molecule has 0 unspecified atom stereocenters. The molecular formula is C15H24N2O3. The van der Waals surface area contributed by atoms with Gasteiger partial charge >= 0.3 is 12.0 Å². The maximum absolute atomic E-state index is 12.3. The van der Waals surface area contributed by atoms with Crippen molar-refractivity contribution in [3.63, 3.8) is 0 Å². The van der Waals surface area contributed by atoms with E-state index in [1.165, 1.54) is 0 Å². The summed E-state index contributed by atoms with van der Waals surface area (Å²) >= 11 is 0. The van der Waals surface area contributed by atoms with Gasteiger partial charge in [0.2, 0.25) is 0 Å². The number of amides is 2. The number of carbonyl (C=O) groups is 2. The zero-order valence-corrected chi connectivity index (χ0v) is 12.5. The summed E-state index contributed by atoms with van der Waals surface area (Å²) in [5, 5.41) is 11.9. The Morgan fingerprint density at radius 1 is 1.35 bits per heavy atom. The third-order valence-corrected chi connectivity index (χ3v) is 4.06. The minimum absolute atomic E-state index is 0.0204. The molecule has 0 atom stereocenters. The summed E-state index contributed by atoms with van der Waals surface area (Å²) in [7, 11) is 1.66. The number of hydrogen-bond donors (Lipinski definition) is 2. The summed E-state index contributed by atoms with van der Waals surface area (Å²) < 4.78 is 0. The first-order chi connectivity index (χ1) is 9.22. The Kier molecular flexibility index (Phi) is 5.04. The Hall–Kier alpha value is -1.70. The Balaban J connectivity index is 2.88. The zero-order valence-electron chi connectivity index (χ0n) is 12.5. The van der Waals surface area contributed by atoms with Crippen LogP contribution >= 0.6 is 0 Å². The van der Waals surface area contributed by atoms with Gasteiger partial charge in [-0.2, -0.15) is 0 Å². The number of urea groups is 1. The SMILES string of the molecule is C#CC(C)(C)NC(=O)N(C)C1(CC(=O)O)CCCCC1. The van der Waals surface area contributed by atoms with E-state index in [1.54, 1.807) is 25.8 Å². The third kappa shape index (κ3) is 3.89. The number of terminal acetylenes is 1. The van der Waals surface area contributed by atoms with Crippen molar-refractivity contribution in [1.82, 2.24) is 10.2 Å². The molecule has 0 spiro atoms. The average molecular weight is 280 g/mol. The third-order valence-electron chi connectivity index (χ3n) is 4.06. The summed E-state index contributed by atoms with van der Waals surface area (Å²) in [4.78, 5) is 25.0. The van der Waals surface area contributed by atoms with Crippen molar-refractivity contribution < 1.29 is 14.7 Å². The molecule has 112 valence electrons. The first-order valence-electron chi connectivity index (χ1n) is 6.98. The van der Waals surface area contributed by atoms with E-state index in [-0.39, 0.29) is 12.5 Å². The fourth-order valence-corrected chi connectivity index (χ4v) is 2.72. The van der Waals surface area contributed by atoms with Crippen LogP contribution in [0.1, 0.15) is 52.4 Å². The molecule has 0 aromatic carbocycles. The van der Waals surface area contributed by atoms with Crippen molar-refractivity contribution in [3.8, 4) is 12.3 Å². The molecule has 20 heavy (non-hydrogen) atoms. The Morgan fingerprint density at radius 2 is 1.90 bits per heavy atom. The van der Waals surface area contributed by atoms with Crippen LogP contribution in [0.15, 0.2) is 0 Å². The van der Waals surface area contributed by atoms with Crippen molar-refractivity contribution in [2.75, 3.05) is 7.05 Å². The van der Waals surface area contributed by atoms with Gasteiger partial charge in [-0.3, -0.25) is 4.79 Å². The van der Waals surface area contributed by atoms with Gasteiger partial charge in [0.05, 0.1) is 17.5 Å². The Labute approximate surface area is 120 Å².